The van der Waals surface area contributed by atoms with Gasteiger partial charge in [-0.05, 0) is 69.4 Å². The number of hydrogen-bond acceptors (Lipinski definition) is 4. The van der Waals surface area contributed by atoms with Gasteiger partial charge < -0.3 is 0 Å². The fraction of sp³-hybridized carbons (Fsp3) is 0.0238. The predicted molar refractivity (Wildman–Crippen MR) is 194 cm³/mol. The van der Waals surface area contributed by atoms with Crippen molar-refractivity contribution in [1.29, 1.82) is 0 Å². The normalized spacial score (nSPS) is 11.6. The fourth-order valence-electron chi connectivity index (χ4n) is 6.54. The van der Waals surface area contributed by atoms with E-state index in [1.807, 2.05) is 17.4 Å². The molecule has 0 spiro atoms. The maximum absolute atomic E-state index is 5.22. The summed E-state index contributed by atoms with van der Waals surface area (Å²) in [5.41, 5.74) is 6.51. The Balaban J connectivity index is 1.31. The van der Waals surface area contributed by atoms with Gasteiger partial charge >= 0.3 is 0 Å². The lowest BCUT2D eigenvalue weighted by molar-refractivity contribution is 1.08. The first-order chi connectivity index (χ1) is 22.7. The molecular weight excluding hydrogens is 579 g/mol. The molecule has 0 aliphatic rings. The van der Waals surface area contributed by atoms with E-state index in [4.69, 9.17) is 15.0 Å². The minimum atomic E-state index is 0.659. The summed E-state index contributed by atoms with van der Waals surface area (Å²) in [5.74, 6) is 2.01. The Labute approximate surface area is 270 Å². The number of hydrogen-bond donors (Lipinski definition) is 0. The number of thiophene rings is 1. The van der Waals surface area contributed by atoms with Gasteiger partial charge in [-0.2, -0.15) is 0 Å². The molecule has 46 heavy (non-hydrogen) atoms. The van der Waals surface area contributed by atoms with Crippen LogP contribution in [0.1, 0.15) is 5.56 Å². The van der Waals surface area contributed by atoms with E-state index in [0.29, 0.717) is 17.5 Å². The summed E-state index contributed by atoms with van der Waals surface area (Å²) in [7, 11) is 0. The first-order valence-corrected chi connectivity index (χ1v) is 16.3. The van der Waals surface area contributed by atoms with Crippen LogP contribution in [-0.2, 0) is 0 Å². The van der Waals surface area contributed by atoms with Gasteiger partial charge in [0.15, 0.2) is 17.5 Å². The Morgan fingerprint density at radius 1 is 0.435 bits per heavy atom. The lowest BCUT2D eigenvalue weighted by Crippen LogP contribution is -2.01. The van der Waals surface area contributed by atoms with Gasteiger partial charge in [0, 0.05) is 36.9 Å². The van der Waals surface area contributed by atoms with E-state index < -0.39 is 0 Å². The third-order valence-corrected chi connectivity index (χ3v) is 10.0. The van der Waals surface area contributed by atoms with Crippen molar-refractivity contribution >= 4 is 53.1 Å². The second-order valence-electron chi connectivity index (χ2n) is 11.7. The Morgan fingerprint density at radius 2 is 1.07 bits per heavy atom. The minimum absolute atomic E-state index is 0.659. The largest absolute Gasteiger partial charge is 0.208 e. The number of aryl methyl sites for hydroxylation is 1. The molecule has 0 N–H and O–H groups in total. The molecular formula is C42H27N3S. The van der Waals surface area contributed by atoms with Gasteiger partial charge in [-0.15, -0.1) is 11.3 Å². The van der Waals surface area contributed by atoms with E-state index >= 15 is 0 Å². The molecule has 4 heteroatoms. The van der Waals surface area contributed by atoms with Crippen LogP contribution in [0.4, 0.5) is 0 Å². The SMILES string of the molecule is Cc1ccc(-c2nc(-c3cccc(-c4ccccc4)c3)nc(-c3cccc4ccccc34)n2)c2sc3cc4ccccc4cc3c12. The van der Waals surface area contributed by atoms with Gasteiger partial charge in [0.2, 0.25) is 0 Å². The van der Waals surface area contributed by atoms with E-state index in [0.717, 1.165) is 38.6 Å². The summed E-state index contributed by atoms with van der Waals surface area (Å²) in [5, 5.41) is 7.32. The van der Waals surface area contributed by atoms with Crippen LogP contribution in [-0.4, -0.2) is 15.0 Å². The van der Waals surface area contributed by atoms with Gasteiger partial charge in [0.25, 0.3) is 0 Å². The molecule has 0 bridgehead atoms. The zero-order chi connectivity index (χ0) is 30.6. The fourth-order valence-corrected chi connectivity index (χ4v) is 7.86. The lowest BCUT2D eigenvalue weighted by atomic mass is 10.0. The van der Waals surface area contributed by atoms with Gasteiger partial charge in [-0.1, -0.05) is 121 Å². The van der Waals surface area contributed by atoms with E-state index in [1.54, 1.807) is 0 Å². The van der Waals surface area contributed by atoms with Crippen molar-refractivity contribution in [3.63, 3.8) is 0 Å². The molecule has 9 aromatic rings. The van der Waals surface area contributed by atoms with Crippen LogP contribution >= 0.6 is 11.3 Å². The highest BCUT2D eigenvalue weighted by Gasteiger charge is 2.19. The molecule has 0 aliphatic heterocycles. The van der Waals surface area contributed by atoms with Crippen molar-refractivity contribution in [2.45, 2.75) is 6.92 Å². The van der Waals surface area contributed by atoms with Crippen molar-refractivity contribution in [3.05, 3.63) is 151 Å². The van der Waals surface area contributed by atoms with Crippen LogP contribution in [0.15, 0.2) is 146 Å². The second kappa shape index (κ2) is 10.7. The smallest absolute Gasteiger partial charge is 0.165 e. The number of nitrogens with zero attached hydrogens (tertiary/aromatic N) is 3. The van der Waals surface area contributed by atoms with Gasteiger partial charge in [0.1, 0.15) is 0 Å². The van der Waals surface area contributed by atoms with E-state index in [2.05, 4.69) is 146 Å². The lowest BCUT2D eigenvalue weighted by Gasteiger charge is -2.12. The van der Waals surface area contributed by atoms with E-state index in [1.165, 1.54) is 36.5 Å². The average molecular weight is 606 g/mol. The van der Waals surface area contributed by atoms with E-state index in [-0.39, 0.29) is 0 Å². The second-order valence-corrected chi connectivity index (χ2v) is 12.8. The summed E-state index contributed by atoms with van der Waals surface area (Å²) in [4.78, 5) is 15.6. The van der Waals surface area contributed by atoms with Crippen molar-refractivity contribution in [3.8, 4) is 45.3 Å². The van der Waals surface area contributed by atoms with Gasteiger partial charge in [-0.3, -0.25) is 0 Å². The molecule has 2 heterocycles. The molecule has 0 aliphatic carbocycles. The molecule has 3 nitrogen and oxygen atoms in total. The van der Waals surface area contributed by atoms with Gasteiger partial charge in [-0.25, -0.2) is 15.0 Å². The highest BCUT2D eigenvalue weighted by molar-refractivity contribution is 7.26. The Morgan fingerprint density at radius 3 is 1.91 bits per heavy atom. The first-order valence-electron chi connectivity index (χ1n) is 15.4. The van der Waals surface area contributed by atoms with Crippen LogP contribution < -0.4 is 0 Å². The topological polar surface area (TPSA) is 38.7 Å². The quantitative estimate of drug-likeness (QED) is 0.200. The molecule has 216 valence electrons. The number of aromatic nitrogens is 3. The molecule has 0 unspecified atom stereocenters. The molecule has 0 radical (unpaired) electrons. The molecule has 0 fully saturated rings. The zero-order valence-electron chi connectivity index (χ0n) is 25.1. The Hall–Kier alpha value is -5.71. The van der Waals surface area contributed by atoms with E-state index in [9.17, 15) is 0 Å². The highest BCUT2D eigenvalue weighted by Crippen LogP contribution is 2.43. The third-order valence-electron chi connectivity index (χ3n) is 8.83. The molecule has 0 saturated heterocycles. The summed E-state index contributed by atoms with van der Waals surface area (Å²) < 4.78 is 2.47. The van der Waals surface area contributed by atoms with Crippen molar-refractivity contribution in [2.75, 3.05) is 0 Å². The van der Waals surface area contributed by atoms with Crippen molar-refractivity contribution in [2.24, 2.45) is 0 Å². The molecule has 0 saturated carbocycles. The average Bonchev–Trinajstić information content (AvgIpc) is 3.49. The van der Waals surface area contributed by atoms with Crippen LogP contribution in [0.2, 0.25) is 0 Å². The Kier molecular flexibility index (Phi) is 6.22. The molecule has 9 rings (SSSR count). The number of benzene rings is 7. The molecule has 0 atom stereocenters. The molecule has 0 amide bonds. The first kappa shape index (κ1) is 26.7. The van der Waals surface area contributed by atoms with Crippen LogP contribution in [0.5, 0.6) is 0 Å². The summed E-state index contributed by atoms with van der Waals surface area (Å²) in [6, 6.07) is 51.3. The Bertz CT molecular complexity index is 2600. The summed E-state index contributed by atoms with van der Waals surface area (Å²) >= 11 is 1.82. The minimum Gasteiger partial charge on any atom is -0.208 e. The predicted octanol–water partition coefficient (Wildman–Crippen LogP) is 11.5. The van der Waals surface area contributed by atoms with Crippen LogP contribution in [0.3, 0.4) is 0 Å². The standard InChI is InChI=1S/C42H27N3S/c1-26-21-22-35(39-38(26)36-24-30-14-5-6-15-31(30)25-37(36)46-39)42-44-40(32-18-9-17-29(23-32)27-11-3-2-4-12-27)43-41(45-42)34-20-10-16-28-13-7-8-19-33(28)34/h2-25H,1H3. The van der Waals surface area contributed by atoms with Crippen LogP contribution in [0.25, 0.3) is 87.0 Å². The summed E-state index contributed by atoms with van der Waals surface area (Å²) in [6.45, 7) is 2.20. The monoisotopic (exact) mass is 605 g/mol. The zero-order valence-corrected chi connectivity index (χ0v) is 25.9. The van der Waals surface area contributed by atoms with Crippen molar-refractivity contribution < 1.29 is 0 Å². The maximum Gasteiger partial charge on any atom is 0.165 e. The maximum atomic E-state index is 5.22. The van der Waals surface area contributed by atoms with Crippen molar-refractivity contribution in [1.82, 2.24) is 15.0 Å². The summed E-state index contributed by atoms with van der Waals surface area (Å²) in [6.07, 6.45) is 0. The molecule has 7 aromatic carbocycles. The molecule has 2 aromatic heterocycles. The highest BCUT2D eigenvalue weighted by atomic mass is 32.1. The van der Waals surface area contributed by atoms with Gasteiger partial charge in [0.05, 0.1) is 0 Å². The van der Waals surface area contributed by atoms with Crippen LogP contribution in [0, 0.1) is 6.92 Å². The number of fused-ring (bicyclic) bond motifs is 5. The third kappa shape index (κ3) is 4.46. The number of rotatable bonds is 4.